The fourth-order valence-corrected chi connectivity index (χ4v) is 2.56. The number of halogens is 1. The van der Waals surface area contributed by atoms with Gasteiger partial charge in [-0.3, -0.25) is 0 Å². The molecule has 0 aromatic heterocycles. The maximum absolute atomic E-state index is 6.07. The lowest BCUT2D eigenvalue weighted by Crippen LogP contribution is -2.34. The number of thiocarbonyl (C=S) groups is 1. The Morgan fingerprint density at radius 1 is 1.38 bits per heavy atom. The third-order valence-corrected chi connectivity index (χ3v) is 3.78. The van der Waals surface area contributed by atoms with E-state index in [1.807, 2.05) is 0 Å². The van der Waals surface area contributed by atoms with E-state index in [1.54, 1.807) is 26.4 Å². The molecule has 0 saturated carbocycles. The molecule has 21 heavy (non-hydrogen) atoms. The van der Waals surface area contributed by atoms with Crippen LogP contribution in [-0.2, 0) is 4.74 Å². The van der Waals surface area contributed by atoms with Crippen LogP contribution in [-0.4, -0.2) is 38.6 Å². The highest BCUT2D eigenvalue weighted by Gasteiger charge is 2.16. The van der Waals surface area contributed by atoms with Gasteiger partial charge in [0.15, 0.2) is 5.11 Å². The molecule has 0 bridgehead atoms. The second-order valence-electron chi connectivity index (χ2n) is 4.66. The quantitative estimate of drug-likeness (QED) is 0.810. The average molecular weight is 331 g/mol. The number of benzene rings is 1. The van der Waals surface area contributed by atoms with Crippen LogP contribution in [0, 0.1) is 0 Å². The fourth-order valence-electron chi connectivity index (χ4n) is 2.14. The number of hydrogen-bond acceptors (Lipinski definition) is 4. The van der Waals surface area contributed by atoms with Crippen LogP contribution in [0.15, 0.2) is 12.1 Å². The Balaban J connectivity index is 1.98. The lowest BCUT2D eigenvalue weighted by molar-refractivity contribution is 0.114. The van der Waals surface area contributed by atoms with Gasteiger partial charge in [0.1, 0.15) is 11.5 Å². The van der Waals surface area contributed by atoms with Crippen LogP contribution in [0.25, 0.3) is 0 Å². The Labute approximate surface area is 134 Å². The van der Waals surface area contributed by atoms with Crippen molar-refractivity contribution in [3.8, 4) is 11.5 Å². The average Bonchev–Trinajstić information content (AvgIpc) is 2.99. The van der Waals surface area contributed by atoms with Crippen LogP contribution >= 0.6 is 23.8 Å². The molecular weight excluding hydrogens is 312 g/mol. The van der Waals surface area contributed by atoms with Gasteiger partial charge in [-0.25, -0.2) is 0 Å². The summed E-state index contributed by atoms with van der Waals surface area (Å²) >= 11 is 11.3. The van der Waals surface area contributed by atoms with E-state index in [2.05, 4.69) is 10.6 Å². The van der Waals surface area contributed by atoms with Gasteiger partial charge in [-0.2, -0.15) is 0 Å². The molecule has 5 nitrogen and oxygen atoms in total. The zero-order chi connectivity index (χ0) is 15.2. The zero-order valence-corrected chi connectivity index (χ0v) is 13.6. The second-order valence-corrected chi connectivity index (χ2v) is 5.47. The molecule has 1 fully saturated rings. The van der Waals surface area contributed by atoms with Crippen LogP contribution in [0.1, 0.15) is 12.8 Å². The molecular formula is C14H19ClN2O3S. The smallest absolute Gasteiger partial charge is 0.170 e. The van der Waals surface area contributed by atoms with Crippen molar-refractivity contribution in [1.82, 2.24) is 5.32 Å². The van der Waals surface area contributed by atoms with Crippen LogP contribution in [0.4, 0.5) is 5.69 Å². The van der Waals surface area contributed by atoms with Crippen molar-refractivity contribution in [2.45, 2.75) is 18.9 Å². The van der Waals surface area contributed by atoms with Crippen molar-refractivity contribution < 1.29 is 14.2 Å². The van der Waals surface area contributed by atoms with E-state index in [-0.39, 0.29) is 6.10 Å². The van der Waals surface area contributed by atoms with Crippen molar-refractivity contribution in [2.24, 2.45) is 0 Å². The number of anilines is 1. The van der Waals surface area contributed by atoms with E-state index >= 15 is 0 Å². The summed E-state index contributed by atoms with van der Waals surface area (Å²) in [5, 5.41) is 7.22. The third kappa shape index (κ3) is 4.36. The second kappa shape index (κ2) is 7.68. The SMILES string of the molecule is COc1cc(NC(=S)NC[C@H]2CCCO2)c(OC)cc1Cl. The van der Waals surface area contributed by atoms with Gasteiger partial charge in [-0.15, -0.1) is 0 Å². The first kappa shape index (κ1) is 16.1. The minimum absolute atomic E-state index is 0.228. The topological polar surface area (TPSA) is 51.8 Å². The lowest BCUT2D eigenvalue weighted by Gasteiger charge is -2.17. The minimum atomic E-state index is 0.228. The zero-order valence-electron chi connectivity index (χ0n) is 12.1. The van der Waals surface area contributed by atoms with Crippen molar-refractivity contribution in [3.63, 3.8) is 0 Å². The van der Waals surface area contributed by atoms with Crippen molar-refractivity contribution >= 4 is 34.6 Å². The Kier molecular flexibility index (Phi) is 5.90. The Morgan fingerprint density at radius 2 is 2.14 bits per heavy atom. The largest absolute Gasteiger partial charge is 0.495 e. The molecule has 0 aliphatic carbocycles. The van der Waals surface area contributed by atoms with Crippen LogP contribution in [0.2, 0.25) is 5.02 Å². The monoisotopic (exact) mass is 330 g/mol. The van der Waals surface area contributed by atoms with Crippen LogP contribution in [0.5, 0.6) is 11.5 Å². The molecule has 1 heterocycles. The van der Waals surface area contributed by atoms with Crippen molar-refractivity contribution in [2.75, 3.05) is 32.7 Å². The fraction of sp³-hybridized carbons (Fsp3) is 0.500. The first-order chi connectivity index (χ1) is 10.1. The van der Waals surface area contributed by atoms with E-state index in [4.69, 9.17) is 38.0 Å². The molecule has 1 aromatic carbocycles. The molecule has 0 amide bonds. The molecule has 1 atom stereocenters. The van der Waals surface area contributed by atoms with Crippen molar-refractivity contribution in [3.05, 3.63) is 17.2 Å². The highest BCUT2D eigenvalue weighted by atomic mass is 35.5. The van der Waals surface area contributed by atoms with E-state index < -0.39 is 0 Å². The summed E-state index contributed by atoms with van der Waals surface area (Å²) in [6, 6.07) is 3.44. The molecule has 0 spiro atoms. The van der Waals surface area contributed by atoms with Gasteiger partial charge in [-0.05, 0) is 25.1 Å². The number of rotatable bonds is 5. The normalized spacial score (nSPS) is 17.4. The van der Waals surface area contributed by atoms with E-state index in [1.165, 1.54) is 0 Å². The maximum atomic E-state index is 6.07. The van der Waals surface area contributed by atoms with Gasteiger partial charge in [0.25, 0.3) is 0 Å². The maximum Gasteiger partial charge on any atom is 0.170 e. The van der Waals surface area contributed by atoms with Gasteiger partial charge in [0, 0.05) is 25.3 Å². The summed E-state index contributed by atoms with van der Waals surface area (Å²) in [7, 11) is 3.14. The molecule has 2 rings (SSSR count). The van der Waals surface area contributed by atoms with Gasteiger partial charge >= 0.3 is 0 Å². The lowest BCUT2D eigenvalue weighted by atomic mass is 10.2. The summed E-state index contributed by atoms with van der Waals surface area (Å²) in [5.41, 5.74) is 0.698. The highest BCUT2D eigenvalue weighted by molar-refractivity contribution is 7.80. The first-order valence-electron chi connectivity index (χ1n) is 6.72. The molecule has 1 aliphatic rings. The number of methoxy groups -OCH3 is 2. The summed E-state index contributed by atoms with van der Waals surface area (Å²) < 4.78 is 16.0. The predicted octanol–water partition coefficient (Wildman–Crippen LogP) is 2.82. The predicted molar refractivity (Wildman–Crippen MR) is 87.8 cm³/mol. The standard InChI is InChI=1S/C14H19ClN2O3S/c1-18-12-7-11(13(19-2)6-10(12)15)17-14(21)16-8-9-4-3-5-20-9/h6-7,9H,3-5,8H2,1-2H3,(H2,16,17,21)/t9-/m1/s1. The Bertz CT molecular complexity index is 507. The van der Waals surface area contributed by atoms with E-state index in [0.29, 0.717) is 33.9 Å². The summed E-state index contributed by atoms with van der Waals surface area (Å²) in [6.45, 7) is 1.52. The molecule has 1 aromatic rings. The minimum Gasteiger partial charge on any atom is -0.495 e. The van der Waals surface area contributed by atoms with E-state index in [0.717, 1.165) is 19.4 Å². The van der Waals surface area contributed by atoms with Gasteiger partial charge in [-0.1, -0.05) is 11.6 Å². The highest BCUT2D eigenvalue weighted by Crippen LogP contribution is 2.35. The molecule has 2 N–H and O–H groups in total. The van der Waals surface area contributed by atoms with Crippen LogP contribution in [0.3, 0.4) is 0 Å². The number of ether oxygens (including phenoxy) is 3. The molecule has 116 valence electrons. The molecule has 1 aliphatic heterocycles. The molecule has 1 saturated heterocycles. The molecule has 7 heteroatoms. The van der Waals surface area contributed by atoms with Crippen LogP contribution < -0.4 is 20.1 Å². The molecule has 0 radical (unpaired) electrons. The van der Waals surface area contributed by atoms with E-state index in [9.17, 15) is 0 Å². The Morgan fingerprint density at radius 3 is 2.76 bits per heavy atom. The third-order valence-electron chi connectivity index (χ3n) is 3.24. The first-order valence-corrected chi connectivity index (χ1v) is 7.50. The summed E-state index contributed by atoms with van der Waals surface area (Å²) in [5.74, 6) is 1.16. The summed E-state index contributed by atoms with van der Waals surface area (Å²) in [4.78, 5) is 0. The number of nitrogens with one attached hydrogen (secondary N) is 2. The van der Waals surface area contributed by atoms with Gasteiger partial charge < -0.3 is 24.8 Å². The summed E-state index contributed by atoms with van der Waals surface area (Å²) in [6.07, 6.45) is 2.40. The van der Waals surface area contributed by atoms with Gasteiger partial charge in [0.2, 0.25) is 0 Å². The number of hydrogen-bond donors (Lipinski definition) is 2. The van der Waals surface area contributed by atoms with Crippen molar-refractivity contribution in [1.29, 1.82) is 0 Å². The molecule has 0 unspecified atom stereocenters. The van der Waals surface area contributed by atoms with Gasteiger partial charge in [0.05, 0.1) is 31.0 Å². The Hall–Kier alpha value is -1.24.